The molecule has 1 aliphatic heterocycles. The Morgan fingerprint density at radius 1 is 1.45 bits per heavy atom. The summed E-state index contributed by atoms with van der Waals surface area (Å²) >= 11 is 0. The first-order valence-electron chi connectivity index (χ1n) is 8.13. The van der Waals surface area contributed by atoms with Crippen molar-refractivity contribution in [1.82, 2.24) is 15.1 Å². The molecule has 114 valence electrons. The molecule has 3 unspecified atom stereocenters. The van der Waals surface area contributed by atoms with E-state index < -0.39 is 0 Å². The summed E-state index contributed by atoms with van der Waals surface area (Å²) < 4.78 is 8.03. The van der Waals surface area contributed by atoms with Crippen LogP contribution in [-0.4, -0.2) is 35.1 Å². The number of ether oxygens (including phenoxy) is 1. The maximum absolute atomic E-state index is 5.94. The molecule has 1 aliphatic rings. The van der Waals surface area contributed by atoms with E-state index in [0.717, 1.165) is 26.0 Å². The standard InChI is InChI=1S/C16H29N3O/c1-4-13(3)19-10-9-14(18-19)12-15(17-5-2)16-8-6-7-11-20-16/h9-10,13,15-17H,4-8,11-12H2,1-3H3. The first-order chi connectivity index (χ1) is 9.74. The van der Waals surface area contributed by atoms with Gasteiger partial charge in [-0.15, -0.1) is 0 Å². The van der Waals surface area contributed by atoms with E-state index in [-0.39, 0.29) is 0 Å². The van der Waals surface area contributed by atoms with Gasteiger partial charge in [-0.05, 0) is 45.2 Å². The average Bonchev–Trinajstić information content (AvgIpc) is 2.95. The topological polar surface area (TPSA) is 39.1 Å². The molecule has 0 amide bonds. The van der Waals surface area contributed by atoms with Crippen molar-refractivity contribution in [2.24, 2.45) is 0 Å². The van der Waals surface area contributed by atoms with Crippen LogP contribution in [0.25, 0.3) is 0 Å². The third-order valence-electron chi connectivity index (χ3n) is 4.27. The lowest BCUT2D eigenvalue weighted by atomic mass is 9.98. The summed E-state index contributed by atoms with van der Waals surface area (Å²) in [6, 6.07) is 3.02. The lowest BCUT2D eigenvalue weighted by Crippen LogP contribution is -2.44. The molecule has 0 saturated carbocycles. The van der Waals surface area contributed by atoms with Gasteiger partial charge in [0.15, 0.2) is 0 Å². The number of hydrogen-bond acceptors (Lipinski definition) is 3. The molecule has 1 fully saturated rings. The maximum atomic E-state index is 5.94. The smallest absolute Gasteiger partial charge is 0.0731 e. The van der Waals surface area contributed by atoms with Crippen LogP contribution in [0.15, 0.2) is 12.3 Å². The SMILES string of the molecule is CCNC(Cc1ccn(C(C)CC)n1)C1CCCCO1. The fourth-order valence-corrected chi connectivity index (χ4v) is 2.82. The number of hydrogen-bond donors (Lipinski definition) is 1. The normalized spacial score (nSPS) is 22.6. The minimum absolute atomic E-state index is 0.345. The van der Waals surface area contributed by atoms with Crippen molar-refractivity contribution < 1.29 is 4.74 Å². The molecule has 0 spiro atoms. The average molecular weight is 279 g/mol. The van der Waals surface area contributed by atoms with Crippen molar-refractivity contribution >= 4 is 0 Å². The fourth-order valence-electron chi connectivity index (χ4n) is 2.82. The van der Waals surface area contributed by atoms with Crippen LogP contribution in [0.2, 0.25) is 0 Å². The summed E-state index contributed by atoms with van der Waals surface area (Å²) in [5, 5.41) is 8.30. The van der Waals surface area contributed by atoms with Crippen molar-refractivity contribution in [3.8, 4) is 0 Å². The molecule has 2 heterocycles. The highest BCUT2D eigenvalue weighted by molar-refractivity contribution is 5.03. The Morgan fingerprint density at radius 3 is 2.95 bits per heavy atom. The highest BCUT2D eigenvalue weighted by atomic mass is 16.5. The summed E-state index contributed by atoms with van der Waals surface area (Å²) in [5.74, 6) is 0. The van der Waals surface area contributed by atoms with Gasteiger partial charge >= 0.3 is 0 Å². The Morgan fingerprint density at radius 2 is 2.30 bits per heavy atom. The van der Waals surface area contributed by atoms with Crippen LogP contribution < -0.4 is 5.32 Å². The third kappa shape index (κ3) is 4.06. The predicted octanol–water partition coefficient (Wildman–Crippen LogP) is 2.94. The molecule has 1 aromatic rings. The molecule has 4 heteroatoms. The van der Waals surface area contributed by atoms with Gasteiger partial charge in [-0.25, -0.2) is 0 Å². The third-order valence-corrected chi connectivity index (χ3v) is 4.27. The van der Waals surface area contributed by atoms with Crippen LogP contribution in [0.3, 0.4) is 0 Å². The largest absolute Gasteiger partial charge is 0.377 e. The minimum atomic E-state index is 0.345. The number of nitrogens with zero attached hydrogens (tertiary/aromatic N) is 2. The molecule has 1 N–H and O–H groups in total. The monoisotopic (exact) mass is 279 g/mol. The van der Waals surface area contributed by atoms with Crippen LogP contribution in [0.1, 0.15) is 58.2 Å². The molecule has 1 saturated heterocycles. The van der Waals surface area contributed by atoms with E-state index in [2.05, 4.69) is 43.0 Å². The highest BCUT2D eigenvalue weighted by Gasteiger charge is 2.24. The number of aromatic nitrogens is 2. The second-order valence-corrected chi connectivity index (χ2v) is 5.82. The zero-order chi connectivity index (χ0) is 14.4. The van der Waals surface area contributed by atoms with Gasteiger partial charge in [-0.2, -0.15) is 5.10 Å². The summed E-state index contributed by atoms with van der Waals surface area (Å²) in [5.41, 5.74) is 1.17. The summed E-state index contributed by atoms with van der Waals surface area (Å²) in [6.07, 6.45) is 8.19. The van der Waals surface area contributed by atoms with Crippen LogP contribution in [0.5, 0.6) is 0 Å². The van der Waals surface area contributed by atoms with Crippen molar-refractivity contribution in [3.05, 3.63) is 18.0 Å². The quantitative estimate of drug-likeness (QED) is 0.834. The fraction of sp³-hybridized carbons (Fsp3) is 0.812. The Hall–Kier alpha value is -0.870. The van der Waals surface area contributed by atoms with Crippen molar-refractivity contribution in [2.75, 3.05) is 13.2 Å². The Bertz CT molecular complexity index is 385. The number of nitrogens with one attached hydrogen (secondary N) is 1. The van der Waals surface area contributed by atoms with Gasteiger partial charge in [-0.3, -0.25) is 4.68 Å². The van der Waals surface area contributed by atoms with Crippen molar-refractivity contribution in [3.63, 3.8) is 0 Å². The molecule has 3 atom stereocenters. The predicted molar refractivity (Wildman–Crippen MR) is 82.0 cm³/mol. The van der Waals surface area contributed by atoms with Gasteiger partial charge in [0.2, 0.25) is 0 Å². The molecule has 0 aliphatic carbocycles. The number of likely N-dealkylation sites (N-methyl/N-ethyl adjacent to an activating group) is 1. The summed E-state index contributed by atoms with van der Waals surface area (Å²) in [4.78, 5) is 0. The van der Waals surface area contributed by atoms with Gasteiger partial charge in [0.05, 0.1) is 11.8 Å². The van der Waals surface area contributed by atoms with E-state index in [4.69, 9.17) is 9.84 Å². The Kier molecular flexibility index (Phi) is 6.05. The van der Waals surface area contributed by atoms with E-state index in [1.807, 2.05) is 0 Å². The molecule has 4 nitrogen and oxygen atoms in total. The van der Waals surface area contributed by atoms with Crippen LogP contribution in [-0.2, 0) is 11.2 Å². The summed E-state index contributed by atoms with van der Waals surface area (Å²) in [6.45, 7) is 8.46. The van der Waals surface area contributed by atoms with Gasteiger partial charge in [0, 0.05) is 31.3 Å². The van der Waals surface area contributed by atoms with E-state index in [0.29, 0.717) is 18.2 Å². The van der Waals surface area contributed by atoms with Gasteiger partial charge in [0.25, 0.3) is 0 Å². The van der Waals surface area contributed by atoms with E-state index in [1.165, 1.54) is 25.0 Å². The zero-order valence-electron chi connectivity index (χ0n) is 13.1. The van der Waals surface area contributed by atoms with Gasteiger partial charge in [-0.1, -0.05) is 13.8 Å². The van der Waals surface area contributed by atoms with Gasteiger partial charge < -0.3 is 10.1 Å². The highest BCUT2D eigenvalue weighted by Crippen LogP contribution is 2.19. The minimum Gasteiger partial charge on any atom is -0.377 e. The van der Waals surface area contributed by atoms with Crippen LogP contribution in [0, 0.1) is 0 Å². The Labute approximate surface area is 122 Å². The molecular weight excluding hydrogens is 250 g/mol. The Balaban J connectivity index is 1.97. The lowest BCUT2D eigenvalue weighted by molar-refractivity contribution is -0.00730. The molecule has 2 rings (SSSR count). The first-order valence-corrected chi connectivity index (χ1v) is 8.13. The lowest BCUT2D eigenvalue weighted by Gasteiger charge is -2.30. The second kappa shape index (κ2) is 7.79. The second-order valence-electron chi connectivity index (χ2n) is 5.82. The maximum Gasteiger partial charge on any atom is 0.0731 e. The summed E-state index contributed by atoms with van der Waals surface area (Å²) in [7, 11) is 0. The molecule has 0 aromatic carbocycles. The molecule has 1 aromatic heterocycles. The van der Waals surface area contributed by atoms with Crippen molar-refractivity contribution in [1.29, 1.82) is 0 Å². The van der Waals surface area contributed by atoms with E-state index in [1.54, 1.807) is 0 Å². The van der Waals surface area contributed by atoms with Crippen molar-refractivity contribution in [2.45, 2.75) is 71.1 Å². The molecular formula is C16H29N3O. The van der Waals surface area contributed by atoms with Gasteiger partial charge in [0.1, 0.15) is 0 Å². The van der Waals surface area contributed by atoms with Crippen LogP contribution >= 0.6 is 0 Å². The zero-order valence-corrected chi connectivity index (χ0v) is 13.1. The van der Waals surface area contributed by atoms with Crippen LogP contribution in [0.4, 0.5) is 0 Å². The first kappa shape index (κ1) is 15.5. The van der Waals surface area contributed by atoms with E-state index in [9.17, 15) is 0 Å². The number of rotatable bonds is 7. The van der Waals surface area contributed by atoms with E-state index >= 15 is 0 Å². The molecule has 20 heavy (non-hydrogen) atoms. The molecule has 0 bridgehead atoms. The molecule has 0 radical (unpaired) electrons.